The lowest BCUT2D eigenvalue weighted by molar-refractivity contribution is 0.326. The number of rotatable bonds is 2. The summed E-state index contributed by atoms with van der Waals surface area (Å²) in [4.78, 5) is 0. The fraction of sp³-hybridized carbons (Fsp3) is 0.467. The number of nitrogens with zero attached hydrogens (tertiary/aromatic N) is 3. The molecule has 2 atom stereocenters. The number of hydrogen-bond donors (Lipinski definition) is 1. The average molecular weight is 270 g/mol. The van der Waals surface area contributed by atoms with Crippen molar-refractivity contribution >= 4 is 0 Å². The van der Waals surface area contributed by atoms with Crippen molar-refractivity contribution in [1.29, 1.82) is 0 Å². The first-order valence-electron chi connectivity index (χ1n) is 7.20. The Morgan fingerprint density at radius 3 is 3.10 bits per heavy atom. The number of para-hydroxylation sites is 1. The van der Waals surface area contributed by atoms with Gasteiger partial charge in [-0.3, -0.25) is 0 Å². The molecule has 0 fully saturated rings. The summed E-state index contributed by atoms with van der Waals surface area (Å²) in [5.74, 6) is 3.83. The highest BCUT2D eigenvalue weighted by atomic mass is 16.5. The Kier molecular flexibility index (Phi) is 2.73. The molecule has 2 aliphatic rings. The summed E-state index contributed by atoms with van der Waals surface area (Å²) in [5, 5.41) is 8.80. The SMILES string of the molecule is NCC1CCc2nnc(C3COc4ccccc43)n2C1. The minimum atomic E-state index is 0.198. The first-order chi connectivity index (χ1) is 9.86. The van der Waals surface area contributed by atoms with E-state index in [4.69, 9.17) is 10.5 Å². The maximum atomic E-state index is 5.83. The van der Waals surface area contributed by atoms with Gasteiger partial charge in [-0.15, -0.1) is 10.2 Å². The van der Waals surface area contributed by atoms with Gasteiger partial charge in [0.2, 0.25) is 0 Å². The maximum absolute atomic E-state index is 5.83. The van der Waals surface area contributed by atoms with Crippen LogP contribution in [0.4, 0.5) is 0 Å². The third kappa shape index (κ3) is 1.73. The molecule has 1 aromatic heterocycles. The minimum absolute atomic E-state index is 0.198. The molecule has 2 unspecified atom stereocenters. The number of fused-ring (bicyclic) bond motifs is 2. The molecule has 0 amide bonds. The smallest absolute Gasteiger partial charge is 0.144 e. The normalized spacial score (nSPS) is 24.1. The molecule has 2 N–H and O–H groups in total. The Morgan fingerprint density at radius 1 is 1.30 bits per heavy atom. The molecule has 0 saturated heterocycles. The molecule has 20 heavy (non-hydrogen) atoms. The Morgan fingerprint density at radius 2 is 2.20 bits per heavy atom. The van der Waals surface area contributed by atoms with Gasteiger partial charge in [-0.25, -0.2) is 0 Å². The second-order valence-electron chi connectivity index (χ2n) is 5.63. The average Bonchev–Trinajstić information content (AvgIpc) is 3.09. The van der Waals surface area contributed by atoms with E-state index >= 15 is 0 Å². The van der Waals surface area contributed by atoms with Crippen molar-refractivity contribution in [1.82, 2.24) is 14.8 Å². The topological polar surface area (TPSA) is 66.0 Å². The first kappa shape index (κ1) is 11.9. The molecule has 0 saturated carbocycles. The Labute approximate surface area is 117 Å². The monoisotopic (exact) mass is 270 g/mol. The number of aryl methyl sites for hydroxylation is 1. The van der Waals surface area contributed by atoms with E-state index in [0.717, 1.165) is 43.3 Å². The van der Waals surface area contributed by atoms with Crippen LogP contribution in [0.25, 0.3) is 0 Å². The lowest BCUT2D eigenvalue weighted by Gasteiger charge is -2.24. The Bertz CT molecular complexity index is 637. The van der Waals surface area contributed by atoms with Gasteiger partial charge >= 0.3 is 0 Å². The van der Waals surface area contributed by atoms with Crippen molar-refractivity contribution in [2.24, 2.45) is 11.7 Å². The fourth-order valence-electron chi connectivity index (χ4n) is 3.24. The summed E-state index contributed by atoms with van der Waals surface area (Å²) in [7, 11) is 0. The first-order valence-corrected chi connectivity index (χ1v) is 7.20. The second-order valence-corrected chi connectivity index (χ2v) is 5.63. The standard InChI is InChI=1S/C15H18N4O/c16-7-10-5-6-14-17-18-15(19(14)8-10)12-9-20-13-4-2-1-3-11(12)13/h1-4,10,12H,5-9,16H2. The Balaban J connectivity index is 1.73. The summed E-state index contributed by atoms with van der Waals surface area (Å²) in [5.41, 5.74) is 7.05. The third-order valence-electron chi connectivity index (χ3n) is 4.42. The Hall–Kier alpha value is -1.88. The van der Waals surface area contributed by atoms with Crippen molar-refractivity contribution in [2.45, 2.75) is 25.3 Å². The molecule has 5 heteroatoms. The van der Waals surface area contributed by atoms with Gasteiger partial charge in [0.15, 0.2) is 0 Å². The van der Waals surface area contributed by atoms with Gasteiger partial charge in [0, 0.05) is 18.5 Å². The predicted molar refractivity (Wildman–Crippen MR) is 74.7 cm³/mol. The van der Waals surface area contributed by atoms with E-state index in [9.17, 15) is 0 Å². The predicted octanol–water partition coefficient (Wildman–Crippen LogP) is 1.32. The van der Waals surface area contributed by atoms with Crippen LogP contribution in [0.2, 0.25) is 0 Å². The van der Waals surface area contributed by atoms with Crippen LogP contribution in [0.15, 0.2) is 24.3 Å². The number of nitrogens with two attached hydrogens (primary N) is 1. The summed E-state index contributed by atoms with van der Waals surface area (Å²) >= 11 is 0. The molecule has 0 spiro atoms. The lowest BCUT2D eigenvalue weighted by atomic mass is 9.97. The van der Waals surface area contributed by atoms with Crippen molar-refractivity contribution in [3.63, 3.8) is 0 Å². The summed E-state index contributed by atoms with van der Waals surface area (Å²) < 4.78 is 8.03. The summed E-state index contributed by atoms with van der Waals surface area (Å²) in [6.07, 6.45) is 2.09. The van der Waals surface area contributed by atoms with Crippen molar-refractivity contribution in [3.05, 3.63) is 41.5 Å². The van der Waals surface area contributed by atoms with Crippen LogP contribution in [0.3, 0.4) is 0 Å². The molecule has 1 aromatic carbocycles. The van der Waals surface area contributed by atoms with Crippen molar-refractivity contribution in [3.8, 4) is 5.75 Å². The van der Waals surface area contributed by atoms with E-state index < -0.39 is 0 Å². The molecule has 0 radical (unpaired) electrons. The van der Waals surface area contributed by atoms with E-state index in [1.165, 1.54) is 5.56 Å². The molecule has 2 aromatic rings. The van der Waals surface area contributed by atoms with Crippen LogP contribution < -0.4 is 10.5 Å². The molecule has 4 rings (SSSR count). The molecule has 0 bridgehead atoms. The van der Waals surface area contributed by atoms with Crippen LogP contribution >= 0.6 is 0 Å². The van der Waals surface area contributed by atoms with Crippen LogP contribution in [0.1, 0.15) is 29.6 Å². The largest absolute Gasteiger partial charge is 0.492 e. The zero-order valence-electron chi connectivity index (χ0n) is 11.3. The summed E-state index contributed by atoms with van der Waals surface area (Å²) in [6.45, 7) is 2.33. The van der Waals surface area contributed by atoms with Gasteiger partial charge in [0.05, 0.1) is 5.92 Å². The number of hydrogen-bond acceptors (Lipinski definition) is 4. The maximum Gasteiger partial charge on any atom is 0.144 e. The second kappa shape index (κ2) is 4.59. The van der Waals surface area contributed by atoms with E-state index in [-0.39, 0.29) is 5.92 Å². The zero-order valence-corrected chi connectivity index (χ0v) is 11.3. The number of ether oxygens (including phenoxy) is 1. The highest BCUT2D eigenvalue weighted by molar-refractivity contribution is 5.43. The summed E-state index contributed by atoms with van der Waals surface area (Å²) in [6, 6.07) is 8.20. The van der Waals surface area contributed by atoms with Crippen LogP contribution in [-0.2, 0) is 13.0 Å². The molecular weight excluding hydrogens is 252 g/mol. The molecular formula is C15H18N4O. The highest BCUT2D eigenvalue weighted by Crippen LogP contribution is 2.38. The van der Waals surface area contributed by atoms with Crippen molar-refractivity contribution < 1.29 is 4.74 Å². The fourth-order valence-corrected chi connectivity index (χ4v) is 3.24. The molecule has 0 aliphatic carbocycles. The van der Waals surface area contributed by atoms with Crippen molar-refractivity contribution in [2.75, 3.05) is 13.2 Å². The van der Waals surface area contributed by atoms with Crippen LogP contribution in [0, 0.1) is 5.92 Å². The molecule has 104 valence electrons. The lowest BCUT2D eigenvalue weighted by Crippen LogP contribution is -2.28. The van der Waals surface area contributed by atoms with Crippen LogP contribution in [0.5, 0.6) is 5.75 Å². The highest BCUT2D eigenvalue weighted by Gasteiger charge is 2.32. The quantitative estimate of drug-likeness (QED) is 0.894. The minimum Gasteiger partial charge on any atom is -0.492 e. The number of benzene rings is 1. The van der Waals surface area contributed by atoms with Gasteiger partial charge in [0.1, 0.15) is 24.0 Å². The van der Waals surface area contributed by atoms with Gasteiger partial charge in [-0.05, 0) is 24.9 Å². The van der Waals surface area contributed by atoms with E-state index in [0.29, 0.717) is 12.5 Å². The third-order valence-corrected chi connectivity index (χ3v) is 4.42. The van der Waals surface area contributed by atoms with Crippen LogP contribution in [-0.4, -0.2) is 27.9 Å². The van der Waals surface area contributed by atoms with Gasteiger partial charge in [-0.2, -0.15) is 0 Å². The molecule has 2 aliphatic heterocycles. The van der Waals surface area contributed by atoms with Gasteiger partial charge in [0.25, 0.3) is 0 Å². The van der Waals surface area contributed by atoms with Gasteiger partial charge in [-0.1, -0.05) is 18.2 Å². The van der Waals surface area contributed by atoms with E-state index in [1.807, 2.05) is 12.1 Å². The molecule has 5 nitrogen and oxygen atoms in total. The zero-order chi connectivity index (χ0) is 13.5. The van der Waals surface area contributed by atoms with E-state index in [2.05, 4.69) is 26.9 Å². The van der Waals surface area contributed by atoms with E-state index in [1.54, 1.807) is 0 Å². The molecule has 3 heterocycles. The number of aromatic nitrogens is 3. The van der Waals surface area contributed by atoms with Gasteiger partial charge < -0.3 is 15.0 Å².